The SMILES string of the molecule is CCNc1ccc2cc(-c3ccccc3)ccc2n1. The Morgan fingerprint density at radius 1 is 0.895 bits per heavy atom. The van der Waals surface area contributed by atoms with E-state index in [-0.39, 0.29) is 0 Å². The van der Waals surface area contributed by atoms with Crippen molar-refractivity contribution in [3.05, 3.63) is 60.7 Å². The lowest BCUT2D eigenvalue weighted by molar-refractivity contribution is 1.17. The van der Waals surface area contributed by atoms with Gasteiger partial charge >= 0.3 is 0 Å². The molecule has 2 aromatic carbocycles. The highest BCUT2D eigenvalue weighted by Crippen LogP contribution is 2.24. The highest BCUT2D eigenvalue weighted by atomic mass is 15.0. The van der Waals surface area contributed by atoms with Gasteiger partial charge in [0.25, 0.3) is 0 Å². The predicted octanol–water partition coefficient (Wildman–Crippen LogP) is 4.33. The molecule has 0 bridgehead atoms. The first-order chi connectivity index (χ1) is 9.36. The van der Waals surface area contributed by atoms with Crippen molar-refractivity contribution in [3.8, 4) is 11.1 Å². The maximum absolute atomic E-state index is 4.59. The first kappa shape index (κ1) is 11.7. The molecule has 0 aliphatic rings. The van der Waals surface area contributed by atoms with Crippen LogP contribution in [0, 0.1) is 0 Å². The van der Waals surface area contributed by atoms with Gasteiger partial charge in [-0.05, 0) is 42.3 Å². The monoisotopic (exact) mass is 248 g/mol. The molecule has 0 amide bonds. The summed E-state index contributed by atoms with van der Waals surface area (Å²) in [4.78, 5) is 4.59. The van der Waals surface area contributed by atoms with Crippen molar-refractivity contribution in [2.75, 3.05) is 11.9 Å². The number of nitrogens with one attached hydrogen (secondary N) is 1. The molecular formula is C17H16N2. The van der Waals surface area contributed by atoms with Crippen molar-refractivity contribution in [2.45, 2.75) is 6.92 Å². The van der Waals surface area contributed by atoms with E-state index in [1.54, 1.807) is 0 Å². The Bertz CT molecular complexity index is 690. The maximum atomic E-state index is 4.59. The molecule has 0 radical (unpaired) electrons. The van der Waals surface area contributed by atoms with Gasteiger partial charge in [-0.25, -0.2) is 4.98 Å². The van der Waals surface area contributed by atoms with Gasteiger partial charge in [-0.2, -0.15) is 0 Å². The minimum atomic E-state index is 0.889. The smallest absolute Gasteiger partial charge is 0.126 e. The van der Waals surface area contributed by atoms with Crippen molar-refractivity contribution < 1.29 is 0 Å². The highest BCUT2D eigenvalue weighted by molar-refractivity contribution is 5.85. The molecule has 0 saturated carbocycles. The molecular weight excluding hydrogens is 232 g/mol. The molecule has 2 nitrogen and oxygen atoms in total. The molecule has 94 valence electrons. The molecule has 0 unspecified atom stereocenters. The Morgan fingerprint density at radius 2 is 1.74 bits per heavy atom. The summed E-state index contributed by atoms with van der Waals surface area (Å²) in [6.07, 6.45) is 0. The third-order valence-corrected chi connectivity index (χ3v) is 3.15. The third kappa shape index (κ3) is 2.43. The van der Waals surface area contributed by atoms with E-state index in [9.17, 15) is 0 Å². The van der Waals surface area contributed by atoms with E-state index in [4.69, 9.17) is 0 Å². The number of rotatable bonds is 3. The third-order valence-electron chi connectivity index (χ3n) is 3.15. The van der Waals surface area contributed by atoms with E-state index in [1.165, 1.54) is 16.5 Å². The molecule has 19 heavy (non-hydrogen) atoms. The predicted molar refractivity (Wildman–Crippen MR) is 81.3 cm³/mol. The largest absolute Gasteiger partial charge is 0.370 e. The lowest BCUT2D eigenvalue weighted by atomic mass is 10.0. The molecule has 0 fully saturated rings. The zero-order valence-electron chi connectivity index (χ0n) is 10.9. The summed E-state index contributed by atoms with van der Waals surface area (Å²) < 4.78 is 0. The van der Waals surface area contributed by atoms with E-state index in [0.29, 0.717) is 0 Å². The van der Waals surface area contributed by atoms with E-state index in [1.807, 2.05) is 12.1 Å². The quantitative estimate of drug-likeness (QED) is 0.746. The lowest BCUT2D eigenvalue weighted by Crippen LogP contribution is -1.98. The van der Waals surface area contributed by atoms with E-state index in [2.05, 4.69) is 65.8 Å². The summed E-state index contributed by atoms with van der Waals surface area (Å²) in [5.74, 6) is 0.933. The molecule has 3 aromatic rings. The van der Waals surface area contributed by atoms with Crippen LogP contribution in [-0.2, 0) is 0 Å². The number of hydrogen-bond acceptors (Lipinski definition) is 2. The Kier molecular flexibility index (Phi) is 3.15. The van der Waals surface area contributed by atoms with E-state index in [0.717, 1.165) is 17.9 Å². The first-order valence-corrected chi connectivity index (χ1v) is 6.57. The van der Waals surface area contributed by atoms with Gasteiger partial charge in [0.15, 0.2) is 0 Å². The number of aromatic nitrogens is 1. The van der Waals surface area contributed by atoms with E-state index < -0.39 is 0 Å². The van der Waals surface area contributed by atoms with Gasteiger partial charge in [0.2, 0.25) is 0 Å². The van der Waals surface area contributed by atoms with Gasteiger partial charge in [0, 0.05) is 11.9 Å². The molecule has 1 heterocycles. The second kappa shape index (κ2) is 5.11. The Morgan fingerprint density at radius 3 is 2.53 bits per heavy atom. The average Bonchev–Trinajstić information content (AvgIpc) is 2.48. The normalized spacial score (nSPS) is 10.6. The first-order valence-electron chi connectivity index (χ1n) is 6.57. The zero-order chi connectivity index (χ0) is 13.1. The van der Waals surface area contributed by atoms with Crippen LogP contribution in [0.2, 0.25) is 0 Å². The summed E-state index contributed by atoms with van der Waals surface area (Å²) >= 11 is 0. The number of fused-ring (bicyclic) bond motifs is 1. The molecule has 1 aromatic heterocycles. The Balaban J connectivity index is 2.05. The van der Waals surface area contributed by atoms with Crippen molar-refractivity contribution in [3.63, 3.8) is 0 Å². The van der Waals surface area contributed by atoms with Crippen LogP contribution in [0.1, 0.15) is 6.92 Å². The molecule has 0 saturated heterocycles. The lowest BCUT2D eigenvalue weighted by Gasteiger charge is -2.06. The Hall–Kier alpha value is -2.35. The van der Waals surface area contributed by atoms with Crippen LogP contribution in [0.25, 0.3) is 22.0 Å². The number of hydrogen-bond donors (Lipinski definition) is 1. The molecule has 0 spiro atoms. The minimum absolute atomic E-state index is 0.889. The number of anilines is 1. The topological polar surface area (TPSA) is 24.9 Å². The second-order valence-corrected chi connectivity index (χ2v) is 4.50. The van der Waals surface area contributed by atoms with Gasteiger partial charge in [-0.3, -0.25) is 0 Å². The number of nitrogens with zero attached hydrogens (tertiary/aromatic N) is 1. The molecule has 2 heteroatoms. The van der Waals surface area contributed by atoms with Crippen molar-refractivity contribution >= 4 is 16.7 Å². The van der Waals surface area contributed by atoms with Crippen LogP contribution in [0.4, 0.5) is 5.82 Å². The van der Waals surface area contributed by atoms with Crippen LogP contribution in [0.3, 0.4) is 0 Å². The Labute approximate surface area is 113 Å². The standard InChI is InChI=1S/C17H16N2/c1-2-18-17-11-9-15-12-14(8-10-16(15)19-17)13-6-4-3-5-7-13/h3-12H,2H2,1H3,(H,18,19). The van der Waals surface area contributed by atoms with E-state index >= 15 is 0 Å². The fourth-order valence-corrected chi connectivity index (χ4v) is 2.22. The van der Waals surface area contributed by atoms with Crippen molar-refractivity contribution in [1.29, 1.82) is 0 Å². The van der Waals surface area contributed by atoms with Crippen LogP contribution < -0.4 is 5.32 Å². The molecule has 1 N–H and O–H groups in total. The van der Waals surface area contributed by atoms with Crippen molar-refractivity contribution in [2.24, 2.45) is 0 Å². The average molecular weight is 248 g/mol. The van der Waals surface area contributed by atoms with Gasteiger partial charge < -0.3 is 5.32 Å². The molecule has 0 aliphatic carbocycles. The van der Waals surface area contributed by atoms with Gasteiger partial charge in [0.1, 0.15) is 5.82 Å². The van der Waals surface area contributed by atoms with Crippen molar-refractivity contribution in [1.82, 2.24) is 4.98 Å². The summed E-state index contributed by atoms with van der Waals surface area (Å²) in [5, 5.41) is 4.40. The molecule has 3 rings (SSSR count). The second-order valence-electron chi connectivity index (χ2n) is 4.50. The summed E-state index contributed by atoms with van der Waals surface area (Å²) in [6, 6.07) is 21.0. The molecule has 0 atom stereocenters. The van der Waals surface area contributed by atoms with Crippen LogP contribution in [-0.4, -0.2) is 11.5 Å². The van der Waals surface area contributed by atoms with Crippen LogP contribution >= 0.6 is 0 Å². The fourth-order valence-electron chi connectivity index (χ4n) is 2.22. The minimum Gasteiger partial charge on any atom is -0.370 e. The fraction of sp³-hybridized carbons (Fsp3) is 0.118. The highest BCUT2D eigenvalue weighted by Gasteiger charge is 2.01. The summed E-state index contributed by atoms with van der Waals surface area (Å²) in [7, 11) is 0. The summed E-state index contributed by atoms with van der Waals surface area (Å²) in [5.41, 5.74) is 3.49. The van der Waals surface area contributed by atoms with Crippen LogP contribution in [0.15, 0.2) is 60.7 Å². The molecule has 0 aliphatic heterocycles. The van der Waals surface area contributed by atoms with Gasteiger partial charge in [0.05, 0.1) is 5.52 Å². The van der Waals surface area contributed by atoms with Gasteiger partial charge in [-0.1, -0.05) is 36.4 Å². The van der Waals surface area contributed by atoms with Crippen LogP contribution in [0.5, 0.6) is 0 Å². The number of pyridine rings is 1. The number of benzene rings is 2. The zero-order valence-corrected chi connectivity index (χ0v) is 10.9. The summed E-state index contributed by atoms with van der Waals surface area (Å²) in [6.45, 7) is 2.96. The maximum Gasteiger partial charge on any atom is 0.126 e. The van der Waals surface area contributed by atoms with Gasteiger partial charge in [-0.15, -0.1) is 0 Å².